The second kappa shape index (κ2) is 8.12. The van der Waals surface area contributed by atoms with Crippen molar-refractivity contribution in [1.29, 1.82) is 5.26 Å². The van der Waals surface area contributed by atoms with E-state index in [-0.39, 0.29) is 5.82 Å². The summed E-state index contributed by atoms with van der Waals surface area (Å²) >= 11 is 2.70. The van der Waals surface area contributed by atoms with E-state index < -0.39 is 0 Å². The number of nitrogens with zero attached hydrogens (tertiary/aromatic N) is 1. The second-order valence-corrected chi connectivity index (χ2v) is 8.61. The van der Waals surface area contributed by atoms with Crippen molar-refractivity contribution in [3.05, 3.63) is 76.9 Å². The van der Waals surface area contributed by atoms with E-state index >= 15 is 0 Å². The summed E-state index contributed by atoms with van der Waals surface area (Å²) in [5.41, 5.74) is 4.55. The predicted molar refractivity (Wildman–Crippen MR) is 112 cm³/mol. The number of hydrogen-bond acceptors (Lipinski definition) is 3. The maximum absolute atomic E-state index is 14.1. The van der Waals surface area contributed by atoms with Crippen LogP contribution in [0.25, 0.3) is 21.6 Å². The Hall–Kier alpha value is -2.35. The predicted octanol–water partition coefficient (Wildman–Crippen LogP) is 7.45. The highest BCUT2D eigenvalue weighted by molar-refractivity contribution is 8.03. The molecule has 4 rings (SSSR count). The number of nitriles is 1. The molecule has 0 fully saturated rings. The van der Waals surface area contributed by atoms with Crippen LogP contribution in [0.15, 0.2) is 71.1 Å². The van der Waals surface area contributed by atoms with Crippen LogP contribution in [0.5, 0.6) is 0 Å². The van der Waals surface area contributed by atoms with Gasteiger partial charge in [0, 0.05) is 16.2 Å². The second-order valence-electron chi connectivity index (χ2n) is 6.61. The van der Waals surface area contributed by atoms with Crippen LogP contribution in [0, 0.1) is 16.5 Å². The summed E-state index contributed by atoms with van der Waals surface area (Å²) in [6.07, 6.45) is 7.23. The van der Waals surface area contributed by atoms with Crippen molar-refractivity contribution < 1.29 is 4.39 Å². The van der Waals surface area contributed by atoms with Crippen molar-refractivity contribution in [2.75, 3.05) is 0 Å². The van der Waals surface area contributed by atoms with Crippen LogP contribution >= 0.6 is 23.1 Å². The Kier molecular flexibility index (Phi) is 5.42. The zero-order valence-electron chi connectivity index (χ0n) is 14.7. The van der Waals surface area contributed by atoms with E-state index in [1.807, 2.05) is 34.9 Å². The maximum Gasteiger partial charge on any atom is 0.138 e. The van der Waals surface area contributed by atoms with Gasteiger partial charge in [0.2, 0.25) is 0 Å². The van der Waals surface area contributed by atoms with Crippen LogP contribution in [-0.2, 0) is 6.42 Å². The van der Waals surface area contributed by atoms with Crippen LogP contribution in [0.2, 0.25) is 0 Å². The molecule has 0 atom stereocenters. The summed E-state index contributed by atoms with van der Waals surface area (Å²) < 4.78 is 14.1. The van der Waals surface area contributed by atoms with Crippen LogP contribution in [0.3, 0.4) is 0 Å². The lowest BCUT2D eigenvalue weighted by Crippen LogP contribution is -1.84. The van der Waals surface area contributed by atoms with Crippen LogP contribution in [0.4, 0.5) is 4.39 Å². The Morgan fingerprint density at radius 2 is 1.78 bits per heavy atom. The number of thioether (sulfide) groups is 1. The molecule has 4 heteroatoms. The lowest BCUT2D eigenvalue weighted by molar-refractivity contribution is 0.603. The highest BCUT2D eigenvalue weighted by Crippen LogP contribution is 2.33. The van der Waals surface area contributed by atoms with Crippen molar-refractivity contribution in [2.45, 2.75) is 30.6 Å². The van der Waals surface area contributed by atoms with Gasteiger partial charge in [0.05, 0.1) is 4.90 Å². The fraction of sp³-hybridized carbons (Fsp3) is 0.174. The van der Waals surface area contributed by atoms with Crippen molar-refractivity contribution in [3.63, 3.8) is 0 Å². The number of allylic oxidation sites excluding steroid dienone is 2. The first-order chi connectivity index (χ1) is 13.2. The smallest absolute Gasteiger partial charge is 0.138 e. The summed E-state index contributed by atoms with van der Waals surface area (Å²) in [5.74, 6) is -0.354. The van der Waals surface area contributed by atoms with Crippen molar-refractivity contribution in [1.82, 2.24) is 0 Å². The Bertz CT molecular complexity index is 1030. The minimum absolute atomic E-state index is 0.354. The molecule has 3 aromatic rings. The van der Waals surface area contributed by atoms with E-state index in [0.29, 0.717) is 4.90 Å². The largest absolute Gasteiger partial charge is 0.206 e. The van der Waals surface area contributed by atoms with Gasteiger partial charge in [-0.3, -0.25) is 0 Å². The molecule has 0 radical (unpaired) electrons. The summed E-state index contributed by atoms with van der Waals surface area (Å²) in [6.45, 7) is 0. The molecule has 0 aliphatic heterocycles. The number of hydrogen-bond donors (Lipinski definition) is 0. The number of thiophene rings is 1. The number of rotatable bonds is 5. The molecule has 0 saturated carbocycles. The van der Waals surface area contributed by atoms with Gasteiger partial charge in [-0.25, -0.2) is 4.39 Å². The first kappa shape index (κ1) is 18.0. The van der Waals surface area contributed by atoms with Crippen molar-refractivity contribution in [3.8, 4) is 27.0 Å². The summed E-state index contributed by atoms with van der Waals surface area (Å²) in [6, 6.07) is 17.7. The molecule has 0 unspecified atom stereocenters. The summed E-state index contributed by atoms with van der Waals surface area (Å²) in [7, 11) is 0. The van der Waals surface area contributed by atoms with Crippen molar-refractivity contribution in [2.24, 2.45) is 0 Å². The molecule has 1 aliphatic carbocycles. The molecule has 2 aromatic carbocycles. The van der Waals surface area contributed by atoms with Gasteiger partial charge in [-0.1, -0.05) is 42.0 Å². The monoisotopic (exact) mass is 391 g/mol. The summed E-state index contributed by atoms with van der Waals surface area (Å²) in [4.78, 5) is 3.04. The van der Waals surface area contributed by atoms with E-state index in [2.05, 4.69) is 30.3 Å². The molecule has 27 heavy (non-hydrogen) atoms. The van der Waals surface area contributed by atoms with E-state index in [0.717, 1.165) is 29.3 Å². The molecule has 0 bridgehead atoms. The topological polar surface area (TPSA) is 23.8 Å². The average molecular weight is 392 g/mol. The standard InChI is InChI=1S/C23H18FNS2/c24-21-14-19(9-11-23(21)26-15-25)17-5-7-18(8-6-17)22-12-10-20(27-22)13-16-3-1-2-4-16/h3,5-12,14H,1-2,4,13H2. The quantitative estimate of drug-likeness (QED) is 0.256. The van der Waals surface area contributed by atoms with E-state index in [4.69, 9.17) is 5.26 Å². The third-order valence-electron chi connectivity index (χ3n) is 4.79. The van der Waals surface area contributed by atoms with E-state index in [1.54, 1.807) is 11.6 Å². The van der Waals surface area contributed by atoms with Gasteiger partial charge in [-0.05, 0) is 72.0 Å². The molecule has 0 amide bonds. The van der Waals surface area contributed by atoms with Gasteiger partial charge in [0.15, 0.2) is 0 Å². The zero-order valence-corrected chi connectivity index (χ0v) is 16.4. The molecule has 0 N–H and O–H groups in total. The third kappa shape index (κ3) is 4.16. The lowest BCUT2D eigenvalue weighted by Gasteiger charge is -2.05. The third-order valence-corrected chi connectivity index (χ3v) is 6.56. The Morgan fingerprint density at radius 3 is 2.48 bits per heavy atom. The molecule has 0 spiro atoms. The minimum Gasteiger partial charge on any atom is -0.206 e. The van der Waals surface area contributed by atoms with Crippen LogP contribution in [-0.4, -0.2) is 0 Å². The maximum atomic E-state index is 14.1. The fourth-order valence-corrected chi connectivity index (χ4v) is 4.85. The molecular weight excluding hydrogens is 373 g/mol. The Balaban J connectivity index is 1.51. The lowest BCUT2D eigenvalue weighted by atomic mass is 10.0. The van der Waals surface area contributed by atoms with Crippen molar-refractivity contribution >= 4 is 23.1 Å². The average Bonchev–Trinajstić information content (AvgIpc) is 3.36. The number of benzene rings is 2. The normalized spacial score (nSPS) is 13.4. The van der Waals surface area contributed by atoms with Crippen LogP contribution in [0.1, 0.15) is 24.1 Å². The summed E-state index contributed by atoms with van der Waals surface area (Å²) in [5, 5.41) is 10.6. The van der Waals surface area contributed by atoms with Gasteiger partial charge in [0.1, 0.15) is 11.2 Å². The molecule has 1 heterocycles. The number of thiocyanates is 1. The molecular formula is C23H18FNS2. The molecule has 0 saturated heterocycles. The Morgan fingerprint density at radius 1 is 1.00 bits per heavy atom. The van der Waals surface area contributed by atoms with E-state index in [9.17, 15) is 4.39 Å². The minimum atomic E-state index is -0.354. The van der Waals surface area contributed by atoms with Gasteiger partial charge < -0.3 is 0 Å². The first-order valence-electron chi connectivity index (χ1n) is 8.96. The zero-order chi connectivity index (χ0) is 18.6. The SMILES string of the molecule is N#CSc1ccc(-c2ccc(-c3ccc(CC4=CCCC4)s3)cc2)cc1F. The highest BCUT2D eigenvalue weighted by atomic mass is 32.2. The van der Waals surface area contributed by atoms with Gasteiger partial charge in [0.25, 0.3) is 0 Å². The van der Waals surface area contributed by atoms with Crippen LogP contribution < -0.4 is 0 Å². The molecule has 1 nitrogen and oxygen atoms in total. The molecule has 134 valence electrons. The first-order valence-corrected chi connectivity index (χ1v) is 10.6. The highest BCUT2D eigenvalue weighted by Gasteiger charge is 2.10. The van der Waals surface area contributed by atoms with Gasteiger partial charge in [-0.15, -0.1) is 11.3 Å². The van der Waals surface area contributed by atoms with Gasteiger partial charge in [-0.2, -0.15) is 5.26 Å². The fourth-order valence-electron chi connectivity index (χ4n) is 3.39. The number of halogens is 1. The Labute approximate surface area is 167 Å². The molecule has 1 aliphatic rings. The molecule has 1 aromatic heterocycles. The van der Waals surface area contributed by atoms with E-state index in [1.165, 1.54) is 40.6 Å². The van der Waals surface area contributed by atoms with Gasteiger partial charge >= 0.3 is 0 Å².